The first-order valence-electron chi connectivity index (χ1n) is 6.50. The highest BCUT2D eigenvalue weighted by molar-refractivity contribution is 5.77. The number of methoxy groups -OCH3 is 1. The number of benzene rings is 1. The van der Waals surface area contributed by atoms with Gasteiger partial charge in [0.2, 0.25) is 0 Å². The zero-order chi connectivity index (χ0) is 13.7. The lowest BCUT2D eigenvalue weighted by molar-refractivity contribution is -0.154. The third-order valence-electron chi connectivity index (χ3n) is 3.53. The van der Waals surface area contributed by atoms with Gasteiger partial charge in [-0.15, -0.1) is 0 Å². The number of cyclic esters (lactones) is 1. The summed E-state index contributed by atoms with van der Waals surface area (Å²) in [6, 6.07) is 9.62. The van der Waals surface area contributed by atoms with Crippen molar-refractivity contribution in [3.8, 4) is 0 Å². The molecule has 1 saturated heterocycles. The predicted octanol–water partition coefficient (Wildman–Crippen LogP) is 2.29. The van der Waals surface area contributed by atoms with Crippen molar-refractivity contribution in [3.63, 3.8) is 0 Å². The summed E-state index contributed by atoms with van der Waals surface area (Å²) in [5, 5.41) is 0. The molecule has 0 aromatic heterocycles. The molecule has 1 heterocycles. The number of esters is 2. The van der Waals surface area contributed by atoms with Crippen LogP contribution in [0.4, 0.5) is 0 Å². The SMILES string of the molecule is COC(=O)C[C@H](c1ccccc1)[C@@H]1CCCOC1=O. The van der Waals surface area contributed by atoms with Crippen molar-refractivity contribution in [2.45, 2.75) is 25.2 Å². The van der Waals surface area contributed by atoms with Crippen molar-refractivity contribution in [3.05, 3.63) is 35.9 Å². The van der Waals surface area contributed by atoms with Gasteiger partial charge in [-0.05, 0) is 18.4 Å². The van der Waals surface area contributed by atoms with E-state index in [0.717, 1.165) is 18.4 Å². The Morgan fingerprint density at radius 2 is 2.16 bits per heavy atom. The van der Waals surface area contributed by atoms with E-state index < -0.39 is 0 Å². The highest BCUT2D eigenvalue weighted by Gasteiger charge is 2.34. The van der Waals surface area contributed by atoms with Crippen LogP contribution in [0.3, 0.4) is 0 Å². The average molecular weight is 262 g/mol. The number of carbonyl (C=O) groups is 2. The minimum atomic E-state index is -0.299. The van der Waals surface area contributed by atoms with E-state index in [1.54, 1.807) is 0 Å². The van der Waals surface area contributed by atoms with Gasteiger partial charge in [0.15, 0.2) is 0 Å². The summed E-state index contributed by atoms with van der Waals surface area (Å²) in [6.45, 7) is 0.481. The highest BCUT2D eigenvalue weighted by Crippen LogP contribution is 2.34. The molecule has 102 valence electrons. The molecule has 1 aliphatic rings. The Hall–Kier alpha value is -1.84. The number of hydrogen-bond acceptors (Lipinski definition) is 4. The third kappa shape index (κ3) is 3.34. The summed E-state index contributed by atoms with van der Waals surface area (Å²) < 4.78 is 9.85. The second-order valence-electron chi connectivity index (χ2n) is 4.71. The summed E-state index contributed by atoms with van der Waals surface area (Å²) in [4.78, 5) is 23.5. The quantitative estimate of drug-likeness (QED) is 0.781. The molecule has 0 N–H and O–H groups in total. The van der Waals surface area contributed by atoms with Crippen LogP contribution in [0.1, 0.15) is 30.7 Å². The lowest BCUT2D eigenvalue weighted by atomic mass is 9.80. The molecule has 1 aromatic carbocycles. The molecule has 1 fully saturated rings. The van der Waals surface area contributed by atoms with E-state index >= 15 is 0 Å². The number of ether oxygens (including phenoxy) is 2. The van der Waals surface area contributed by atoms with Gasteiger partial charge >= 0.3 is 11.9 Å². The summed E-state index contributed by atoms with van der Waals surface area (Å²) >= 11 is 0. The summed E-state index contributed by atoms with van der Waals surface area (Å²) in [7, 11) is 1.36. The molecule has 0 radical (unpaired) electrons. The molecule has 1 aliphatic heterocycles. The van der Waals surface area contributed by atoms with Crippen LogP contribution in [-0.2, 0) is 19.1 Å². The highest BCUT2D eigenvalue weighted by atomic mass is 16.5. The molecule has 2 atom stereocenters. The largest absolute Gasteiger partial charge is 0.469 e. The fourth-order valence-electron chi connectivity index (χ4n) is 2.52. The molecule has 0 saturated carbocycles. The Morgan fingerprint density at radius 1 is 1.42 bits per heavy atom. The van der Waals surface area contributed by atoms with E-state index in [0.29, 0.717) is 6.61 Å². The van der Waals surface area contributed by atoms with E-state index in [-0.39, 0.29) is 30.2 Å². The molecule has 0 unspecified atom stereocenters. The molecule has 0 amide bonds. The predicted molar refractivity (Wildman–Crippen MR) is 69.5 cm³/mol. The monoisotopic (exact) mass is 262 g/mol. The fraction of sp³-hybridized carbons (Fsp3) is 0.467. The molecule has 19 heavy (non-hydrogen) atoms. The lowest BCUT2D eigenvalue weighted by Crippen LogP contribution is -2.30. The molecule has 1 aromatic rings. The van der Waals surface area contributed by atoms with Crippen LogP contribution in [0.2, 0.25) is 0 Å². The van der Waals surface area contributed by atoms with Gasteiger partial charge in [0.25, 0.3) is 0 Å². The second-order valence-corrected chi connectivity index (χ2v) is 4.71. The molecule has 4 nitrogen and oxygen atoms in total. The number of carbonyl (C=O) groups excluding carboxylic acids is 2. The average Bonchev–Trinajstić information content (AvgIpc) is 2.46. The molecular formula is C15H18O4. The van der Waals surface area contributed by atoms with Gasteiger partial charge in [-0.3, -0.25) is 9.59 Å². The Balaban J connectivity index is 2.23. The van der Waals surface area contributed by atoms with Gasteiger partial charge in [-0.1, -0.05) is 30.3 Å². The maximum absolute atomic E-state index is 11.9. The van der Waals surface area contributed by atoms with Crippen LogP contribution in [0.5, 0.6) is 0 Å². The molecule has 2 rings (SSSR count). The van der Waals surface area contributed by atoms with Crippen LogP contribution in [0, 0.1) is 5.92 Å². The third-order valence-corrected chi connectivity index (χ3v) is 3.53. The normalized spacial score (nSPS) is 20.5. The van der Waals surface area contributed by atoms with Gasteiger partial charge in [-0.25, -0.2) is 0 Å². The van der Waals surface area contributed by atoms with Gasteiger partial charge in [0.05, 0.1) is 26.1 Å². The Kier molecular flexibility index (Phi) is 4.55. The van der Waals surface area contributed by atoms with E-state index in [1.165, 1.54) is 7.11 Å². The first-order chi connectivity index (χ1) is 9.22. The maximum Gasteiger partial charge on any atom is 0.309 e. The van der Waals surface area contributed by atoms with Gasteiger partial charge in [0.1, 0.15) is 0 Å². The van der Waals surface area contributed by atoms with Crippen LogP contribution in [-0.4, -0.2) is 25.7 Å². The lowest BCUT2D eigenvalue weighted by Gasteiger charge is -2.28. The molecule has 4 heteroatoms. The van der Waals surface area contributed by atoms with Crippen LogP contribution in [0.15, 0.2) is 30.3 Å². The number of hydrogen-bond donors (Lipinski definition) is 0. The summed E-state index contributed by atoms with van der Waals surface area (Å²) in [6.07, 6.45) is 1.82. The zero-order valence-corrected chi connectivity index (χ0v) is 11.0. The summed E-state index contributed by atoms with van der Waals surface area (Å²) in [5.41, 5.74) is 0.983. The van der Waals surface area contributed by atoms with E-state index in [2.05, 4.69) is 0 Å². The Labute approximate surface area is 112 Å². The number of rotatable bonds is 4. The molecule has 0 aliphatic carbocycles. The van der Waals surface area contributed by atoms with Crippen molar-refractivity contribution in [1.82, 2.24) is 0 Å². The smallest absolute Gasteiger partial charge is 0.309 e. The second kappa shape index (κ2) is 6.36. The van der Waals surface area contributed by atoms with Crippen molar-refractivity contribution >= 4 is 11.9 Å². The van der Waals surface area contributed by atoms with Crippen LogP contribution >= 0.6 is 0 Å². The molecular weight excluding hydrogens is 244 g/mol. The molecule has 0 bridgehead atoms. The van der Waals surface area contributed by atoms with Crippen LogP contribution < -0.4 is 0 Å². The van der Waals surface area contributed by atoms with Crippen molar-refractivity contribution in [2.24, 2.45) is 5.92 Å². The zero-order valence-electron chi connectivity index (χ0n) is 11.0. The summed E-state index contributed by atoms with van der Waals surface area (Å²) in [5.74, 6) is -0.923. The first kappa shape index (κ1) is 13.6. The van der Waals surface area contributed by atoms with Gasteiger partial charge < -0.3 is 9.47 Å². The Bertz CT molecular complexity index is 441. The van der Waals surface area contributed by atoms with Gasteiger partial charge in [0, 0.05) is 5.92 Å². The minimum Gasteiger partial charge on any atom is -0.469 e. The first-order valence-corrected chi connectivity index (χ1v) is 6.50. The Morgan fingerprint density at radius 3 is 2.79 bits per heavy atom. The minimum absolute atomic E-state index is 0.165. The van der Waals surface area contributed by atoms with E-state index in [4.69, 9.17) is 9.47 Å². The fourth-order valence-corrected chi connectivity index (χ4v) is 2.52. The van der Waals surface area contributed by atoms with Crippen molar-refractivity contribution in [1.29, 1.82) is 0 Å². The maximum atomic E-state index is 11.9. The van der Waals surface area contributed by atoms with Gasteiger partial charge in [-0.2, -0.15) is 0 Å². The van der Waals surface area contributed by atoms with E-state index in [9.17, 15) is 9.59 Å². The molecule has 0 spiro atoms. The van der Waals surface area contributed by atoms with Crippen molar-refractivity contribution < 1.29 is 19.1 Å². The topological polar surface area (TPSA) is 52.6 Å². The van der Waals surface area contributed by atoms with E-state index in [1.807, 2.05) is 30.3 Å². The standard InChI is InChI=1S/C15H18O4/c1-18-14(16)10-13(11-6-3-2-4-7-11)12-8-5-9-19-15(12)17/h2-4,6-7,12-13H,5,8-10H2,1H3/t12-,13+/m0/s1. The van der Waals surface area contributed by atoms with Crippen molar-refractivity contribution in [2.75, 3.05) is 13.7 Å². The van der Waals surface area contributed by atoms with Crippen LogP contribution in [0.25, 0.3) is 0 Å².